The molecule has 0 radical (unpaired) electrons. The maximum absolute atomic E-state index is 13.3. The van der Waals surface area contributed by atoms with Crippen molar-refractivity contribution in [2.45, 2.75) is 22.6 Å². The number of thioether (sulfide) groups is 2. The molecular weight excluding hydrogens is 550 g/mol. The third-order valence-corrected chi connectivity index (χ3v) is 8.43. The summed E-state index contributed by atoms with van der Waals surface area (Å²) in [5, 5.41) is 28.4. The first-order valence-corrected chi connectivity index (χ1v) is 13.5. The third-order valence-electron chi connectivity index (χ3n) is 5.99. The van der Waals surface area contributed by atoms with Crippen LogP contribution in [0.15, 0.2) is 46.8 Å². The minimum Gasteiger partial charge on any atom is -0.477 e. The van der Waals surface area contributed by atoms with Crippen LogP contribution in [-0.4, -0.2) is 102 Å². The number of hydrogen-bond acceptors (Lipinski definition) is 10. The lowest BCUT2D eigenvalue weighted by Gasteiger charge is -2.49. The van der Waals surface area contributed by atoms with Gasteiger partial charge in [-0.3, -0.25) is 14.5 Å². The van der Waals surface area contributed by atoms with Gasteiger partial charge in [-0.15, -0.1) is 16.9 Å². The van der Waals surface area contributed by atoms with E-state index in [1.54, 1.807) is 37.4 Å². The summed E-state index contributed by atoms with van der Waals surface area (Å²) in [5.74, 6) is -1.94. The molecule has 0 bridgehead atoms. The number of amides is 6. The van der Waals surface area contributed by atoms with Crippen LogP contribution in [-0.2, 0) is 21.4 Å². The Balaban J connectivity index is 1.49. The van der Waals surface area contributed by atoms with Gasteiger partial charge in [0.05, 0.1) is 0 Å². The van der Waals surface area contributed by atoms with Gasteiger partial charge in [-0.25, -0.2) is 24.0 Å². The smallest absolute Gasteiger partial charge is 0.352 e. The highest BCUT2D eigenvalue weighted by atomic mass is 32.2. The van der Waals surface area contributed by atoms with Gasteiger partial charge in [0.15, 0.2) is 0 Å². The predicted molar refractivity (Wildman–Crippen MR) is 139 cm³/mol. The van der Waals surface area contributed by atoms with Gasteiger partial charge in [0, 0.05) is 32.6 Å². The molecule has 39 heavy (non-hydrogen) atoms. The molecule has 2 aliphatic heterocycles. The average molecular weight is 576 g/mol. The number of urea groups is 2. The number of carboxylic acids is 1. The number of nitrogens with zero attached hydrogens (tertiary/aromatic N) is 6. The number of carbonyl (C=O) groups excluding carboxylic acids is 4. The highest BCUT2D eigenvalue weighted by Gasteiger charge is 2.54. The molecule has 0 spiro atoms. The Morgan fingerprint density at radius 3 is 2.56 bits per heavy atom. The summed E-state index contributed by atoms with van der Waals surface area (Å²) in [4.78, 5) is 65.0. The Bertz CT molecular complexity index is 1330. The monoisotopic (exact) mass is 575 g/mol. The van der Waals surface area contributed by atoms with Crippen molar-refractivity contribution in [3.05, 3.63) is 47.2 Å². The predicted octanol–water partition coefficient (Wildman–Crippen LogP) is -0.237. The number of carbonyl (C=O) groups is 5. The van der Waals surface area contributed by atoms with Crippen LogP contribution in [0.25, 0.3) is 0 Å². The number of tetrazole rings is 1. The van der Waals surface area contributed by atoms with Gasteiger partial charge in [-0.05, 0) is 21.6 Å². The van der Waals surface area contributed by atoms with E-state index in [-0.39, 0.29) is 11.4 Å². The fraction of sp³-hybridized carbons (Fsp3) is 0.364. The van der Waals surface area contributed by atoms with E-state index in [0.29, 0.717) is 22.0 Å². The van der Waals surface area contributed by atoms with E-state index < -0.39 is 47.3 Å². The van der Waals surface area contributed by atoms with Gasteiger partial charge in [0.1, 0.15) is 23.2 Å². The normalized spacial score (nSPS) is 18.9. The van der Waals surface area contributed by atoms with Gasteiger partial charge in [-0.1, -0.05) is 42.1 Å². The SMILES string of the molecule is CNC(=O)N(C)C(=O)NC(C(=O)N[C@@H]1C(=O)N2C(C(=O)O)=C(CSc3nnnn3C)CS[C@H]12)c1ccccc1. The number of carboxylic acid groups (broad SMARTS) is 1. The molecule has 3 atom stereocenters. The number of aliphatic carboxylic acids is 1. The van der Waals surface area contributed by atoms with E-state index in [0.717, 1.165) is 4.90 Å². The van der Waals surface area contributed by atoms with Crippen molar-refractivity contribution < 1.29 is 29.1 Å². The molecular formula is C22H25N9O6S2. The van der Waals surface area contributed by atoms with E-state index in [1.165, 1.54) is 47.2 Å². The second-order valence-corrected chi connectivity index (χ2v) is 10.5. The Kier molecular flexibility index (Phi) is 8.39. The standard InChI is InChI=1S/C22H25N9O6S2/c1-23-20(36)29(2)21(37)25-13(11-7-5-4-6-8-11)16(32)24-14-17(33)31-15(19(34)35)12(9-38-18(14)31)10-39-22-26-27-28-30(22)3/h4-8,13-14,18H,9-10H2,1-3H3,(H,23,36)(H,24,32)(H,25,37)(H,34,35)/t13?,14-,18-/m1/s1. The minimum atomic E-state index is -1.25. The second kappa shape index (κ2) is 11.7. The first-order valence-electron chi connectivity index (χ1n) is 11.5. The molecule has 1 fully saturated rings. The Morgan fingerprint density at radius 1 is 1.23 bits per heavy atom. The Morgan fingerprint density at radius 2 is 1.95 bits per heavy atom. The van der Waals surface area contributed by atoms with Gasteiger partial charge >= 0.3 is 18.0 Å². The van der Waals surface area contributed by atoms with Crippen molar-refractivity contribution in [2.24, 2.45) is 7.05 Å². The fourth-order valence-electron chi connectivity index (χ4n) is 3.95. The second-order valence-electron chi connectivity index (χ2n) is 8.43. The van der Waals surface area contributed by atoms with Gasteiger partial charge in [0.25, 0.3) is 5.91 Å². The molecule has 2 aromatic rings. The zero-order valence-electron chi connectivity index (χ0n) is 21.0. The molecule has 3 heterocycles. The van der Waals surface area contributed by atoms with Crippen LogP contribution in [0.3, 0.4) is 0 Å². The Labute approximate surface area is 230 Å². The number of fused-ring (bicyclic) bond motifs is 1. The van der Waals surface area contributed by atoms with Crippen molar-refractivity contribution in [2.75, 3.05) is 25.6 Å². The zero-order chi connectivity index (χ0) is 28.3. The molecule has 0 saturated carbocycles. The van der Waals surface area contributed by atoms with Crippen molar-refractivity contribution in [3.63, 3.8) is 0 Å². The number of benzene rings is 1. The van der Waals surface area contributed by atoms with Crippen molar-refractivity contribution in [1.82, 2.24) is 46.0 Å². The Hall–Kier alpha value is -4.12. The average Bonchev–Trinajstić information content (AvgIpc) is 3.36. The molecule has 0 aliphatic carbocycles. The lowest BCUT2D eigenvalue weighted by molar-refractivity contribution is -0.151. The summed E-state index contributed by atoms with van der Waals surface area (Å²) in [6.07, 6.45) is 0. The molecule has 206 valence electrons. The van der Waals surface area contributed by atoms with Crippen molar-refractivity contribution >= 4 is 53.4 Å². The summed E-state index contributed by atoms with van der Waals surface area (Å²) in [6.45, 7) is 0. The lowest BCUT2D eigenvalue weighted by Crippen LogP contribution is -2.71. The molecule has 6 amide bonds. The van der Waals surface area contributed by atoms with Crippen LogP contribution in [0.5, 0.6) is 0 Å². The molecule has 1 aromatic carbocycles. The van der Waals surface area contributed by atoms with E-state index in [1.807, 2.05) is 0 Å². The maximum atomic E-state index is 13.3. The molecule has 15 nitrogen and oxygen atoms in total. The topological polar surface area (TPSA) is 192 Å². The van der Waals surface area contributed by atoms with Gasteiger partial charge < -0.3 is 21.1 Å². The zero-order valence-corrected chi connectivity index (χ0v) is 22.7. The summed E-state index contributed by atoms with van der Waals surface area (Å²) in [6, 6.07) is 4.60. The summed E-state index contributed by atoms with van der Waals surface area (Å²) >= 11 is 2.57. The molecule has 1 unspecified atom stereocenters. The molecule has 1 saturated heterocycles. The highest BCUT2D eigenvalue weighted by Crippen LogP contribution is 2.41. The first kappa shape index (κ1) is 27.9. The number of aryl methyl sites for hydroxylation is 1. The van der Waals surface area contributed by atoms with Crippen LogP contribution in [0.1, 0.15) is 11.6 Å². The number of β-lactam (4-membered cyclic amide) rings is 1. The van der Waals surface area contributed by atoms with Crippen LogP contribution < -0.4 is 16.0 Å². The number of aromatic nitrogens is 4. The van der Waals surface area contributed by atoms with Crippen LogP contribution in [0, 0.1) is 0 Å². The minimum absolute atomic E-state index is 0.128. The lowest BCUT2D eigenvalue weighted by atomic mass is 10.0. The van der Waals surface area contributed by atoms with Gasteiger partial charge in [0.2, 0.25) is 11.1 Å². The summed E-state index contributed by atoms with van der Waals surface area (Å²) in [7, 11) is 4.27. The van der Waals surface area contributed by atoms with E-state index >= 15 is 0 Å². The van der Waals surface area contributed by atoms with Crippen molar-refractivity contribution in [1.29, 1.82) is 0 Å². The van der Waals surface area contributed by atoms with E-state index in [2.05, 4.69) is 31.5 Å². The first-order chi connectivity index (χ1) is 18.6. The third kappa shape index (κ3) is 5.68. The van der Waals surface area contributed by atoms with Crippen LogP contribution in [0.2, 0.25) is 0 Å². The maximum Gasteiger partial charge on any atom is 0.352 e. The van der Waals surface area contributed by atoms with E-state index in [4.69, 9.17) is 0 Å². The fourth-order valence-corrected chi connectivity index (χ4v) is 6.29. The molecule has 1 aromatic heterocycles. The largest absolute Gasteiger partial charge is 0.477 e. The number of rotatable bonds is 8. The highest BCUT2D eigenvalue weighted by molar-refractivity contribution is 8.01. The quantitative estimate of drug-likeness (QED) is 0.240. The van der Waals surface area contributed by atoms with Crippen molar-refractivity contribution in [3.8, 4) is 0 Å². The molecule has 4 rings (SSSR count). The van der Waals surface area contributed by atoms with Crippen LogP contribution in [0.4, 0.5) is 9.59 Å². The van der Waals surface area contributed by atoms with Gasteiger partial charge in [-0.2, -0.15) is 0 Å². The molecule has 17 heteroatoms. The summed E-state index contributed by atoms with van der Waals surface area (Å²) < 4.78 is 1.46. The number of nitrogens with one attached hydrogen (secondary N) is 3. The summed E-state index contributed by atoms with van der Waals surface area (Å²) in [5.41, 5.74) is 0.829. The molecule has 2 aliphatic rings. The van der Waals surface area contributed by atoms with E-state index in [9.17, 15) is 29.1 Å². The number of imide groups is 1. The number of hydrogen-bond donors (Lipinski definition) is 4. The molecule has 4 N–H and O–H groups in total. The van der Waals surface area contributed by atoms with Crippen LogP contribution >= 0.6 is 23.5 Å².